The molecule has 2 unspecified atom stereocenters. The number of amides is 1. The molecule has 1 aliphatic heterocycles. The van der Waals surface area contributed by atoms with Crippen LogP contribution in [0.1, 0.15) is 24.2 Å². The normalized spacial score (nSPS) is 17.4. The lowest BCUT2D eigenvalue weighted by molar-refractivity contribution is -0.134. The summed E-state index contributed by atoms with van der Waals surface area (Å²) < 4.78 is 22.8. The number of hydrazone groups is 1. The molecule has 2 atom stereocenters. The summed E-state index contributed by atoms with van der Waals surface area (Å²) in [5.41, 5.74) is 4.85. The first-order valence-corrected chi connectivity index (χ1v) is 10.1. The molecule has 3 aromatic rings. The van der Waals surface area contributed by atoms with E-state index in [9.17, 15) is 4.79 Å². The molecule has 0 bridgehead atoms. The molecule has 1 amide bonds. The molecular weight excluding hydrogens is 408 g/mol. The number of fused-ring (bicyclic) bond motifs is 1. The average Bonchev–Trinajstić information content (AvgIpc) is 2.86. The van der Waals surface area contributed by atoms with Crippen molar-refractivity contribution < 1.29 is 23.7 Å². The fraction of sp³-hybridized carbons (Fsp3) is 0.200. The van der Waals surface area contributed by atoms with Crippen LogP contribution in [0.5, 0.6) is 23.0 Å². The van der Waals surface area contributed by atoms with Crippen LogP contribution in [0.3, 0.4) is 0 Å². The minimum atomic E-state index is -0.908. The van der Waals surface area contributed by atoms with Crippen molar-refractivity contribution in [3.63, 3.8) is 0 Å². The highest BCUT2D eigenvalue weighted by molar-refractivity contribution is 6.00. The van der Waals surface area contributed by atoms with E-state index in [4.69, 9.17) is 18.9 Å². The Kier molecular flexibility index (Phi) is 6.26. The quantitative estimate of drug-likeness (QED) is 0.468. The third-order valence-electron chi connectivity index (χ3n) is 5.15. The number of carbonyl (C=O) groups excluding carboxylic acids is 1. The van der Waals surface area contributed by atoms with E-state index in [-0.39, 0.29) is 0 Å². The maximum atomic E-state index is 13.1. The van der Waals surface area contributed by atoms with Crippen LogP contribution in [0, 0.1) is 0 Å². The SMILES string of the molecule is COc1ccc(/C(C)=N/NC(=O)C2Oc3ccccc3OC2c2ccccc2)cc1OC. The number of benzene rings is 3. The fourth-order valence-electron chi connectivity index (χ4n) is 3.45. The highest BCUT2D eigenvalue weighted by Gasteiger charge is 2.38. The van der Waals surface area contributed by atoms with Gasteiger partial charge in [0.05, 0.1) is 19.9 Å². The largest absolute Gasteiger partial charge is 0.493 e. The molecule has 1 heterocycles. The van der Waals surface area contributed by atoms with Gasteiger partial charge >= 0.3 is 0 Å². The summed E-state index contributed by atoms with van der Waals surface area (Å²) in [7, 11) is 3.14. The van der Waals surface area contributed by atoms with E-state index >= 15 is 0 Å². The molecular formula is C25H24N2O5. The van der Waals surface area contributed by atoms with Crippen molar-refractivity contribution in [3.8, 4) is 23.0 Å². The Hall–Kier alpha value is -4.00. The second kappa shape index (κ2) is 9.43. The molecule has 1 aliphatic rings. The molecule has 32 heavy (non-hydrogen) atoms. The molecule has 0 fully saturated rings. The van der Waals surface area contributed by atoms with E-state index in [1.54, 1.807) is 39.3 Å². The van der Waals surface area contributed by atoms with Crippen LogP contribution < -0.4 is 24.4 Å². The summed E-state index contributed by atoms with van der Waals surface area (Å²) in [5.74, 6) is 1.89. The molecule has 164 valence electrons. The third kappa shape index (κ3) is 4.37. The van der Waals surface area contributed by atoms with Crippen LogP contribution >= 0.6 is 0 Å². The van der Waals surface area contributed by atoms with E-state index in [1.807, 2.05) is 54.6 Å². The first-order chi connectivity index (χ1) is 15.6. The van der Waals surface area contributed by atoms with Crippen molar-refractivity contribution in [1.29, 1.82) is 0 Å². The highest BCUT2D eigenvalue weighted by atomic mass is 16.6. The number of hydrogen-bond donors (Lipinski definition) is 1. The summed E-state index contributed by atoms with van der Waals surface area (Å²) in [6.07, 6.45) is -1.52. The smallest absolute Gasteiger partial charge is 0.285 e. The minimum absolute atomic E-state index is 0.409. The predicted molar refractivity (Wildman–Crippen MR) is 121 cm³/mol. The second-order valence-electron chi connectivity index (χ2n) is 7.18. The zero-order valence-corrected chi connectivity index (χ0v) is 18.1. The molecule has 0 spiro atoms. The number of rotatable bonds is 6. The van der Waals surface area contributed by atoms with Crippen molar-refractivity contribution in [3.05, 3.63) is 83.9 Å². The van der Waals surface area contributed by atoms with Gasteiger partial charge in [0, 0.05) is 5.56 Å². The van der Waals surface area contributed by atoms with Crippen LogP contribution in [0.2, 0.25) is 0 Å². The molecule has 1 N–H and O–H groups in total. The van der Waals surface area contributed by atoms with Crippen molar-refractivity contribution >= 4 is 11.6 Å². The molecule has 0 saturated carbocycles. The number of methoxy groups -OCH3 is 2. The van der Waals surface area contributed by atoms with Gasteiger partial charge in [0.2, 0.25) is 6.10 Å². The van der Waals surface area contributed by atoms with Crippen LogP contribution in [-0.4, -0.2) is 31.9 Å². The number of nitrogens with one attached hydrogen (secondary N) is 1. The Morgan fingerprint density at radius 1 is 0.875 bits per heavy atom. The van der Waals surface area contributed by atoms with Gasteiger partial charge in [-0.15, -0.1) is 0 Å². The topological polar surface area (TPSA) is 78.4 Å². The lowest BCUT2D eigenvalue weighted by Crippen LogP contribution is -2.44. The van der Waals surface area contributed by atoms with E-state index in [1.165, 1.54) is 0 Å². The second-order valence-corrected chi connectivity index (χ2v) is 7.18. The van der Waals surface area contributed by atoms with Gasteiger partial charge in [0.15, 0.2) is 29.1 Å². The average molecular weight is 432 g/mol. The molecule has 3 aromatic carbocycles. The summed E-state index contributed by atoms with van der Waals surface area (Å²) in [6, 6.07) is 22.2. The Morgan fingerprint density at radius 3 is 2.22 bits per heavy atom. The summed E-state index contributed by atoms with van der Waals surface area (Å²) in [4.78, 5) is 13.1. The van der Waals surface area contributed by atoms with Crippen LogP contribution in [0.25, 0.3) is 0 Å². The Labute approximate surface area is 186 Å². The van der Waals surface area contributed by atoms with Gasteiger partial charge in [-0.1, -0.05) is 42.5 Å². The summed E-state index contributed by atoms with van der Waals surface area (Å²) >= 11 is 0. The van der Waals surface area contributed by atoms with Crippen LogP contribution in [0.4, 0.5) is 0 Å². The van der Waals surface area contributed by atoms with E-state index < -0.39 is 18.1 Å². The minimum Gasteiger partial charge on any atom is -0.493 e. The number of nitrogens with zero attached hydrogens (tertiary/aromatic N) is 1. The van der Waals surface area contributed by atoms with Gasteiger partial charge in [-0.05, 0) is 42.8 Å². The monoisotopic (exact) mass is 432 g/mol. The van der Waals surface area contributed by atoms with E-state index in [0.29, 0.717) is 28.7 Å². The lowest BCUT2D eigenvalue weighted by atomic mass is 10.0. The Morgan fingerprint density at radius 2 is 1.53 bits per heavy atom. The number of para-hydroxylation sites is 2. The Balaban J connectivity index is 1.57. The lowest BCUT2D eigenvalue weighted by Gasteiger charge is -2.33. The number of ether oxygens (including phenoxy) is 4. The number of carbonyl (C=O) groups is 1. The summed E-state index contributed by atoms with van der Waals surface area (Å²) in [6.45, 7) is 1.80. The van der Waals surface area contributed by atoms with Crippen molar-refractivity contribution in [2.75, 3.05) is 14.2 Å². The van der Waals surface area contributed by atoms with Crippen LogP contribution in [-0.2, 0) is 4.79 Å². The molecule has 0 aromatic heterocycles. The molecule has 4 rings (SSSR count). The fourth-order valence-corrected chi connectivity index (χ4v) is 3.45. The van der Waals surface area contributed by atoms with E-state index in [2.05, 4.69) is 10.5 Å². The van der Waals surface area contributed by atoms with Gasteiger partial charge in [0.25, 0.3) is 5.91 Å². The van der Waals surface area contributed by atoms with Gasteiger partial charge < -0.3 is 18.9 Å². The summed E-state index contributed by atoms with van der Waals surface area (Å²) in [5, 5.41) is 4.27. The predicted octanol–water partition coefficient (Wildman–Crippen LogP) is 4.13. The molecule has 0 aliphatic carbocycles. The van der Waals surface area contributed by atoms with Crippen molar-refractivity contribution in [2.45, 2.75) is 19.1 Å². The van der Waals surface area contributed by atoms with Gasteiger partial charge in [-0.2, -0.15) is 5.10 Å². The molecule has 7 nitrogen and oxygen atoms in total. The van der Waals surface area contributed by atoms with Crippen molar-refractivity contribution in [2.24, 2.45) is 5.10 Å². The maximum absolute atomic E-state index is 13.1. The third-order valence-corrected chi connectivity index (χ3v) is 5.15. The van der Waals surface area contributed by atoms with Crippen molar-refractivity contribution in [1.82, 2.24) is 5.43 Å². The standard InChI is InChI=1S/C25H24N2O5/c1-16(18-13-14-19(29-2)22(15-18)30-3)26-27-25(28)24-23(17-9-5-4-6-10-17)31-20-11-7-8-12-21(20)32-24/h4-15,23-24H,1-3H3,(H,27,28)/b26-16+. The Bertz CT molecular complexity index is 1130. The van der Waals surface area contributed by atoms with Crippen LogP contribution in [0.15, 0.2) is 77.9 Å². The first kappa shape index (κ1) is 21.2. The highest BCUT2D eigenvalue weighted by Crippen LogP contribution is 2.39. The number of hydrogen-bond acceptors (Lipinski definition) is 6. The molecule has 0 saturated heterocycles. The van der Waals surface area contributed by atoms with Gasteiger partial charge in [0.1, 0.15) is 0 Å². The molecule has 7 heteroatoms. The van der Waals surface area contributed by atoms with Gasteiger partial charge in [-0.25, -0.2) is 5.43 Å². The zero-order chi connectivity index (χ0) is 22.5. The van der Waals surface area contributed by atoms with E-state index in [0.717, 1.165) is 11.1 Å². The first-order valence-electron chi connectivity index (χ1n) is 10.1. The maximum Gasteiger partial charge on any atom is 0.285 e. The molecule has 0 radical (unpaired) electrons. The van der Waals surface area contributed by atoms with Gasteiger partial charge in [-0.3, -0.25) is 4.79 Å². The zero-order valence-electron chi connectivity index (χ0n) is 18.1.